The summed E-state index contributed by atoms with van der Waals surface area (Å²) >= 11 is 0. The molecule has 0 saturated heterocycles. The summed E-state index contributed by atoms with van der Waals surface area (Å²) in [6, 6.07) is 12.1. The molecule has 0 amide bonds. The highest BCUT2D eigenvalue weighted by atomic mass is 16.4. The smallest absolute Gasteiger partial charge is 0.337 e. The van der Waals surface area contributed by atoms with Crippen molar-refractivity contribution >= 4 is 17.0 Å². The van der Waals surface area contributed by atoms with Crippen molar-refractivity contribution in [1.29, 1.82) is 0 Å². The molecule has 4 heteroatoms. The lowest BCUT2D eigenvalue weighted by Gasteiger charge is -2.09. The maximum Gasteiger partial charge on any atom is 0.337 e. The van der Waals surface area contributed by atoms with Gasteiger partial charge in [-0.2, -0.15) is 0 Å². The molecule has 1 atom stereocenters. The number of carbonyl (C=O) groups is 1. The number of aromatic carboxylic acids is 1. The average Bonchev–Trinajstić information content (AvgIpc) is 3.11. The van der Waals surface area contributed by atoms with E-state index in [4.69, 9.17) is 0 Å². The van der Waals surface area contributed by atoms with Crippen LogP contribution in [-0.2, 0) is 12.8 Å². The summed E-state index contributed by atoms with van der Waals surface area (Å²) in [5, 5.41) is 9.26. The van der Waals surface area contributed by atoms with Crippen LogP contribution in [0, 0.1) is 0 Å². The fraction of sp³-hybridized carbons (Fsp3) is 0.222. The Morgan fingerprint density at radius 1 is 1.32 bits per heavy atom. The van der Waals surface area contributed by atoms with E-state index in [1.807, 2.05) is 6.07 Å². The van der Waals surface area contributed by atoms with Gasteiger partial charge in [0.05, 0.1) is 16.6 Å². The summed E-state index contributed by atoms with van der Waals surface area (Å²) < 4.78 is 0. The Labute approximate surface area is 127 Å². The van der Waals surface area contributed by atoms with Crippen LogP contribution in [0.5, 0.6) is 0 Å². The van der Waals surface area contributed by atoms with Crippen LogP contribution >= 0.6 is 0 Å². The lowest BCUT2D eigenvalue weighted by molar-refractivity contribution is 0.0699. The number of benzene rings is 1. The van der Waals surface area contributed by atoms with Gasteiger partial charge in [0.2, 0.25) is 0 Å². The molecule has 0 radical (unpaired) electrons. The Hall–Kier alpha value is -2.62. The Balaban J connectivity index is 1.69. The minimum Gasteiger partial charge on any atom is -0.478 e. The number of aromatic amines is 1. The molecule has 0 bridgehead atoms. The fourth-order valence-electron chi connectivity index (χ4n) is 3.49. The third-order valence-corrected chi connectivity index (χ3v) is 4.53. The van der Waals surface area contributed by atoms with E-state index in [9.17, 15) is 9.90 Å². The van der Waals surface area contributed by atoms with Crippen LogP contribution in [0.15, 0.2) is 42.6 Å². The molecule has 0 fully saturated rings. The van der Waals surface area contributed by atoms with Gasteiger partial charge in [0.1, 0.15) is 0 Å². The average molecular weight is 292 g/mol. The largest absolute Gasteiger partial charge is 0.478 e. The van der Waals surface area contributed by atoms with Crippen LogP contribution in [0.1, 0.15) is 39.5 Å². The van der Waals surface area contributed by atoms with Crippen molar-refractivity contribution < 1.29 is 9.90 Å². The first-order valence-corrected chi connectivity index (χ1v) is 7.50. The molecule has 2 aromatic heterocycles. The fourth-order valence-corrected chi connectivity index (χ4v) is 3.49. The maximum atomic E-state index is 11.3. The number of hydrogen-bond donors (Lipinski definition) is 2. The molecule has 1 unspecified atom stereocenters. The van der Waals surface area contributed by atoms with Gasteiger partial charge in [-0.25, -0.2) is 4.79 Å². The molecule has 1 aliphatic rings. The number of H-pyrrole nitrogens is 1. The molecule has 0 aliphatic heterocycles. The van der Waals surface area contributed by atoms with E-state index >= 15 is 0 Å². The van der Waals surface area contributed by atoms with Gasteiger partial charge < -0.3 is 10.1 Å². The molecular weight excluding hydrogens is 276 g/mol. The Bertz CT molecular complexity index is 866. The number of aryl methyl sites for hydroxylation is 1. The molecule has 22 heavy (non-hydrogen) atoms. The standard InChI is InChI=1S/C18H16N2O2/c21-18(22)15-7-8-19-16-10-13(20-17(15)16)9-12-6-5-11-3-1-2-4-14(11)12/h1-4,7-8,10,12,20H,5-6,9H2,(H,21,22). The summed E-state index contributed by atoms with van der Waals surface area (Å²) in [7, 11) is 0. The number of hydrogen-bond acceptors (Lipinski definition) is 2. The Morgan fingerprint density at radius 2 is 2.18 bits per heavy atom. The molecule has 2 heterocycles. The van der Waals surface area contributed by atoms with Crippen LogP contribution in [0.3, 0.4) is 0 Å². The predicted molar refractivity (Wildman–Crippen MR) is 84.3 cm³/mol. The zero-order chi connectivity index (χ0) is 15.1. The minimum absolute atomic E-state index is 0.281. The van der Waals surface area contributed by atoms with Crippen LogP contribution in [0.2, 0.25) is 0 Å². The zero-order valence-electron chi connectivity index (χ0n) is 12.0. The summed E-state index contributed by atoms with van der Waals surface area (Å²) in [6.07, 6.45) is 4.72. The van der Waals surface area contributed by atoms with Gasteiger partial charge >= 0.3 is 5.97 Å². The first-order valence-electron chi connectivity index (χ1n) is 7.50. The molecule has 0 spiro atoms. The highest BCUT2D eigenvalue weighted by Gasteiger charge is 2.23. The number of nitrogens with zero attached hydrogens (tertiary/aromatic N) is 1. The van der Waals surface area contributed by atoms with Gasteiger partial charge in [0.25, 0.3) is 0 Å². The van der Waals surface area contributed by atoms with Crippen LogP contribution in [0.4, 0.5) is 0 Å². The van der Waals surface area contributed by atoms with E-state index in [-0.39, 0.29) is 5.56 Å². The Morgan fingerprint density at radius 3 is 3.05 bits per heavy atom. The molecule has 2 N–H and O–H groups in total. The molecule has 4 nitrogen and oxygen atoms in total. The van der Waals surface area contributed by atoms with E-state index < -0.39 is 5.97 Å². The lowest BCUT2D eigenvalue weighted by atomic mass is 9.96. The quantitative estimate of drug-likeness (QED) is 0.776. The van der Waals surface area contributed by atoms with Crippen molar-refractivity contribution in [3.8, 4) is 0 Å². The third-order valence-electron chi connectivity index (χ3n) is 4.53. The van der Waals surface area contributed by atoms with Crippen LogP contribution in [-0.4, -0.2) is 21.0 Å². The van der Waals surface area contributed by atoms with Crippen molar-refractivity contribution in [2.45, 2.75) is 25.2 Å². The first kappa shape index (κ1) is 13.1. The number of carboxylic acids is 1. The lowest BCUT2D eigenvalue weighted by Crippen LogP contribution is -2.00. The summed E-state index contributed by atoms with van der Waals surface area (Å²) in [4.78, 5) is 18.8. The van der Waals surface area contributed by atoms with Gasteiger partial charge in [0.15, 0.2) is 0 Å². The second-order valence-corrected chi connectivity index (χ2v) is 5.86. The van der Waals surface area contributed by atoms with Gasteiger partial charge in [-0.1, -0.05) is 24.3 Å². The van der Waals surface area contributed by atoms with Crippen molar-refractivity contribution in [3.63, 3.8) is 0 Å². The third kappa shape index (κ3) is 2.08. The number of fused-ring (bicyclic) bond motifs is 2. The number of nitrogens with one attached hydrogen (secondary N) is 1. The normalized spacial score (nSPS) is 16.8. The van der Waals surface area contributed by atoms with E-state index in [1.54, 1.807) is 6.20 Å². The molecular formula is C18H16N2O2. The van der Waals surface area contributed by atoms with Crippen molar-refractivity contribution in [2.24, 2.45) is 0 Å². The Kier molecular flexibility index (Phi) is 2.96. The van der Waals surface area contributed by atoms with Crippen LogP contribution in [0.25, 0.3) is 11.0 Å². The predicted octanol–water partition coefficient (Wildman–Crippen LogP) is 3.53. The molecule has 1 aromatic carbocycles. The second kappa shape index (κ2) is 4.98. The topological polar surface area (TPSA) is 66.0 Å². The van der Waals surface area contributed by atoms with E-state index in [0.717, 1.165) is 30.5 Å². The highest BCUT2D eigenvalue weighted by molar-refractivity contribution is 6.00. The summed E-state index contributed by atoms with van der Waals surface area (Å²) in [6.45, 7) is 0. The first-order chi connectivity index (χ1) is 10.7. The van der Waals surface area contributed by atoms with Crippen molar-refractivity contribution in [1.82, 2.24) is 9.97 Å². The highest BCUT2D eigenvalue weighted by Crippen LogP contribution is 2.35. The molecule has 1 aliphatic carbocycles. The molecule has 0 saturated carbocycles. The summed E-state index contributed by atoms with van der Waals surface area (Å²) in [5.74, 6) is -0.426. The number of carboxylic acid groups (broad SMARTS) is 1. The zero-order valence-corrected chi connectivity index (χ0v) is 12.0. The van der Waals surface area contributed by atoms with E-state index in [1.165, 1.54) is 17.2 Å². The number of aromatic nitrogens is 2. The van der Waals surface area contributed by atoms with Gasteiger partial charge in [0, 0.05) is 11.9 Å². The second-order valence-electron chi connectivity index (χ2n) is 5.86. The molecule has 110 valence electrons. The molecule has 3 aromatic rings. The van der Waals surface area contributed by atoms with Gasteiger partial charge in [-0.05, 0) is 48.4 Å². The van der Waals surface area contributed by atoms with Crippen molar-refractivity contribution in [2.75, 3.05) is 0 Å². The molecule has 4 rings (SSSR count). The van der Waals surface area contributed by atoms with Crippen LogP contribution < -0.4 is 0 Å². The number of pyridine rings is 1. The SMILES string of the molecule is O=C(O)c1ccnc2cc(CC3CCc4ccccc43)[nH]c12. The number of rotatable bonds is 3. The summed E-state index contributed by atoms with van der Waals surface area (Å²) in [5.41, 5.74) is 5.54. The van der Waals surface area contributed by atoms with Crippen molar-refractivity contribution in [3.05, 3.63) is 65.0 Å². The maximum absolute atomic E-state index is 11.3. The monoisotopic (exact) mass is 292 g/mol. The van der Waals surface area contributed by atoms with E-state index in [0.29, 0.717) is 11.4 Å². The van der Waals surface area contributed by atoms with E-state index in [2.05, 4.69) is 34.2 Å². The van der Waals surface area contributed by atoms with Gasteiger partial charge in [-0.15, -0.1) is 0 Å². The van der Waals surface area contributed by atoms with Gasteiger partial charge in [-0.3, -0.25) is 4.98 Å². The minimum atomic E-state index is -0.924.